The summed E-state index contributed by atoms with van der Waals surface area (Å²) in [6, 6.07) is 35.5. The van der Waals surface area contributed by atoms with Crippen LogP contribution < -0.4 is 33.7 Å². The standard InChI is InChI=1S/C77H100N2O16/c1-4-73(80)93-90-53-31-25-19-13-7-10-16-22-28-50-84-68-44-36-63(37-45-68)59-87-71-56-66(77(83)79-67-42-34-62(58-78)35-43-67)57-72(88-60-64-38-46-69(47-39-64)85-51-29-23-17-11-8-14-20-26-32-54-91-94-74(81)5-2)76(71)89-61-65-40-48-70(49-41-65)86-52-30-24-18-12-9-15-21-27-33-55-92-95-75(82)6-3/h4-6,34-49,56-57H,1-3,7-33,50-55,59-61H2,(H,79,83). The van der Waals surface area contributed by atoms with Gasteiger partial charge in [0.2, 0.25) is 5.75 Å². The molecule has 0 spiro atoms. The maximum atomic E-state index is 14.1. The van der Waals surface area contributed by atoms with Crippen molar-refractivity contribution in [3.8, 4) is 40.6 Å². The molecular weight excluding hydrogens is 1210 g/mol. The van der Waals surface area contributed by atoms with Crippen LogP contribution in [-0.2, 0) is 63.5 Å². The summed E-state index contributed by atoms with van der Waals surface area (Å²) in [5.74, 6) is 1.09. The van der Waals surface area contributed by atoms with E-state index in [0.717, 1.165) is 187 Å². The lowest BCUT2D eigenvalue weighted by atomic mass is 10.1. The summed E-state index contributed by atoms with van der Waals surface area (Å²) in [7, 11) is 0. The normalized spacial score (nSPS) is 10.8. The Morgan fingerprint density at radius 2 is 0.642 bits per heavy atom. The smallest absolute Gasteiger partial charge is 0.365 e. The first kappa shape index (κ1) is 77.1. The molecule has 18 nitrogen and oxygen atoms in total. The van der Waals surface area contributed by atoms with Crippen LogP contribution in [0.2, 0.25) is 0 Å². The lowest BCUT2D eigenvalue weighted by Crippen LogP contribution is -2.13. The second-order valence-electron chi connectivity index (χ2n) is 23.1. The fourth-order valence-electron chi connectivity index (χ4n) is 9.89. The monoisotopic (exact) mass is 1310 g/mol. The molecule has 0 saturated heterocycles. The predicted octanol–water partition coefficient (Wildman–Crippen LogP) is 18.2. The second kappa shape index (κ2) is 49.9. The van der Waals surface area contributed by atoms with Crippen molar-refractivity contribution in [2.75, 3.05) is 45.0 Å². The molecular formula is C77H100N2O16. The van der Waals surface area contributed by atoms with Gasteiger partial charge in [-0.25, -0.2) is 14.4 Å². The molecule has 0 aliphatic rings. The summed E-state index contributed by atoms with van der Waals surface area (Å²) in [5, 5.41) is 12.4. The third-order valence-corrected chi connectivity index (χ3v) is 15.3. The Labute approximate surface area is 562 Å². The zero-order chi connectivity index (χ0) is 67.4. The minimum atomic E-state index is -0.578. The van der Waals surface area contributed by atoms with Crippen molar-refractivity contribution in [2.24, 2.45) is 0 Å². The van der Waals surface area contributed by atoms with E-state index >= 15 is 0 Å². The summed E-state index contributed by atoms with van der Waals surface area (Å²) >= 11 is 0. The van der Waals surface area contributed by atoms with Gasteiger partial charge in [-0.05, 0) is 128 Å². The van der Waals surface area contributed by atoms with Gasteiger partial charge in [-0.2, -0.15) is 19.9 Å². The summed E-state index contributed by atoms with van der Waals surface area (Å²) in [5.41, 5.74) is 3.89. The number of ether oxygens (including phenoxy) is 6. The number of nitrogens with zero attached hydrogens (tertiary/aromatic N) is 1. The Hall–Kier alpha value is -8.63. The van der Waals surface area contributed by atoms with Crippen LogP contribution in [0, 0.1) is 11.3 Å². The van der Waals surface area contributed by atoms with Crippen LogP contribution in [-0.4, -0.2) is 63.5 Å². The average Bonchev–Trinajstić information content (AvgIpc) is 0.975. The molecule has 5 aromatic rings. The van der Waals surface area contributed by atoms with E-state index in [1.807, 2.05) is 72.8 Å². The SMILES string of the molecule is C=CC(=O)OOCCCCCCCCCCCOc1ccc(COc2cc(C(=O)Nc3ccc(C#N)cc3)cc(OCc3ccc(OCCCCCCCCCCCOOC(=O)C=C)cc3)c2OCc2ccc(OCCCCCCCCCCCOOC(=O)C=C)cc2)cc1. The Balaban J connectivity index is 1.17. The fourth-order valence-corrected chi connectivity index (χ4v) is 9.89. The van der Waals surface area contributed by atoms with E-state index in [9.17, 15) is 24.4 Å². The van der Waals surface area contributed by atoms with Crippen LogP contribution in [0.15, 0.2) is 147 Å². The molecule has 18 heteroatoms. The third kappa shape index (κ3) is 35.5. The summed E-state index contributed by atoms with van der Waals surface area (Å²) in [6.07, 6.45) is 32.4. The first-order valence-corrected chi connectivity index (χ1v) is 34.1. The van der Waals surface area contributed by atoms with Gasteiger partial charge in [0.15, 0.2) is 11.5 Å². The van der Waals surface area contributed by atoms with E-state index in [0.29, 0.717) is 68.1 Å². The number of hydrogen-bond donors (Lipinski definition) is 1. The van der Waals surface area contributed by atoms with Crippen molar-refractivity contribution in [3.05, 3.63) is 175 Å². The Kier molecular flexibility index (Phi) is 40.5. The fraction of sp³-hybridized carbons (Fsp3) is 0.468. The van der Waals surface area contributed by atoms with Gasteiger partial charge in [0.1, 0.15) is 37.1 Å². The highest BCUT2D eigenvalue weighted by Gasteiger charge is 2.21. The molecule has 0 aliphatic heterocycles. The number of carbonyl (C=O) groups is 4. The van der Waals surface area contributed by atoms with Crippen molar-refractivity contribution in [1.29, 1.82) is 5.26 Å². The quantitative estimate of drug-likeness (QED) is 0.0166. The molecule has 0 bridgehead atoms. The largest absolute Gasteiger partial charge is 0.494 e. The van der Waals surface area contributed by atoms with Crippen LogP contribution in [0.4, 0.5) is 5.69 Å². The molecule has 95 heavy (non-hydrogen) atoms. The van der Waals surface area contributed by atoms with Gasteiger partial charge in [0, 0.05) is 29.5 Å². The van der Waals surface area contributed by atoms with Crippen molar-refractivity contribution in [3.63, 3.8) is 0 Å². The summed E-state index contributed by atoms with van der Waals surface area (Å²) in [4.78, 5) is 75.6. The molecule has 0 radical (unpaired) electrons. The highest BCUT2D eigenvalue weighted by atomic mass is 17.2. The Morgan fingerprint density at radius 1 is 0.358 bits per heavy atom. The van der Waals surface area contributed by atoms with Gasteiger partial charge in [-0.1, -0.05) is 191 Å². The van der Waals surface area contributed by atoms with E-state index in [-0.39, 0.29) is 25.4 Å². The van der Waals surface area contributed by atoms with Crippen LogP contribution in [0.25, 0.3) is 0 Å². The average molecular weight is 1310 g/mol. The molecule has 0 fully saturated rings. The van der Waals surface area contributed by atoms with Gasteiger partial charge < -0.3 is 33.7 Å². The van der Waals surface area contributed by atoms with Crippen LogP contribution in [0.3, 0.4) is 0 Å². The van der Waals surface area contributed by atoms with Crippen LogP contribution >= 0.6 is 0 Å². The maximum absolute atomic E-state index is 14.1. The summed E-state index contributed by atoms with van der Waals surface area (Å²) in [6.45, 7) is 13.5. The number of rotatable bonds is 56. The van der Waals surface area contributed by atoms with Crippen molar-refractivity contribution in [1.82, 2.24) is 0 Å². The molecule has 0 heterocycles. The molecule has 0 aromatic heterocycles. The van der Waals surface area contributed by atoms with E-state index in [4.69, 9.17) is 43.1 Å². The lowest BCUT2D eigenvalue weighted by Gasteiger charge is -2.19. The van der Waals surface area contributed by atoms with Gasteiger partial charge in [-0.3, -0.25) is 19.5 Å². The van der Waals surface area contributed by atoms with Crippen LogP contribution in [0.1, 0.15) is 206 Å². The first-order chi connectivity index (χ1) is 46.7. The van der Waals surface area contributed by atoms with E-state index < -0.39 is 23.8 Å². The van der Waals surface area contributed by atoms with Crippen molar-refractivity contribution >= 4 is 29.5 Å². The van der Waals surface area contributed by atoms with Gasteiger partial charge in [-0.15, -0.1) is 0 Å². The number of hydrogen-bond acceptors (Lipinski definition) is 17. The third-order valence-electron chi connectivity index (χ3n) is 15.3. The zero-order valence-corrected chi connectivity index (χ0v) is 55.7. The molecule has 0 aliphatic carbocycles. The zero-order valence-electron chi connectivity index (χ0n) is 55.7. The van der Waals surface area contributed by atoms with Gasteiger partial charge in [0.05, 0.1) is 51.3 Å². The molecule has 1 N–H and O–H groups in total. The number of benzene rings is 5. The molecule has 5 aromatic carbocycles. The van der Waals surface area contributed by atoms with Crippen LogP contribution in [0.5, 0.6) is 34.5 Å². The highest BCUT2D eigenvalue weighted by molar-refractivity contribution is 6.05. The summed E-state index contributed by atoms with van der Waals surface area (Å²) < 4.78 is 38.3. The lowest BCUT2D eigenvalue weighted by molar-refractivity contribution is -0.267. The number of nitriles is 1. The molecule has 0 unspecified atom stereocenters. The maximum Gasteiger partial charge on any atom is 0.365 e. The Bertz CT molecular complexity index is 2880. The topological polar surface area (TPSA) is 215 Å². The van der Waals surface area contributed by atoms with E-state index in [1.54, 1.807) is 36.4 Å². The minimum Gasteiger partial charge on any atom is -0.494 e. The number of unbranched alkanes of at least 4 members (excludes halogenated alkanes) is 24. The van der Waals surface area contributed by atoms with Crippen molar-refractivity contribution < 1.29 is 76.9 Å². The molecule has 0 atom stereocenters. The number of anilines is 1. The van der Waals surface area contributed by atoms with E-state index in [2.05, 4.69) is 45.8 Å². The molecule has 5 rings (SSSR count). The number of nitrogens with one attached hydrogen (secondary N) is 1. The van der Waals surface area contributed by atoms with Gasteiger partial charge >= 0.3 is 17.9 Å². The second-order valence-corrected chi connectivity index (χ2v) is 23.1. The number of amides is 1. The van der Waals surface area contributed by atoms with E-state index in [1.165, 1.54) is 38.5 Å². The molecule has 1 amide bonds. The first-order valence-electron chi connectivity index (χ1n) is 34.1. The molecule has 514 valence electrons. The predicted molar refractivity (Wildman–Crippen MR) is 366 cm³/mol. The highest BCUT2D eigenvalue weighted by Crippen LogP contribution is 2.41. The Morgan fingerprint density at radius 3 is 0.937 bits per heavy atom. The van der Waals surface area contributed by atoms with Gasteiger partial charge in [0.25, 0.3) is 5.91 Å². The number of carbonyl (C=O) groups excluding carboxylic acids is 4. The minimum absolute atomic E-state index is 0.148. The van der Waals surface area contributed by atoms with Crippen molar-refractivity contribution in [2.45, 2.75) is 193 Å². The molecule has 0 saturated carbocycles.